The molecular formula is C21H35N5O. The SMILES string of the molecule is CC1CCCC(N2CCC(N[C@@H]3CCC(=O)N[C@H]3c3cnn(C)c3)CC2)C1. The maximum Gasteiger partial charge on any atom is 0.220 e. The van der Waals surface area contributed by atoms with Crippen molar-refractivity contribution in [1.29, 1.82) is 0 Å². The van der Waals surface area contributed by atoms with Crippen molar-refractivity contribution in [2.75, 3.05) is 13.1 Å². The highest BCUT2D eigenvalue weighted by molar-refractivity contribution is 5.77. The van der Waals surface area contributed by atoms with Crippen molar-refractivity contribution in [3.63, 3.8) is 0 Å². The van der Waals surface area contributed by atoms with Crippen LogP contribution in [0.3, 0.4) is 0 Å². The smallest absolute Gasteiger partial charge is 0.220 e. The molecule has 1 aliphatic carbocycles. The van der Waals surface area contributed by atoms with E-state index in [4.69, 9.17) is 0 Å². The predicted octanol–water partition coefficient (Wildman–Crippen LogP) is 2.37. The Morgan fingerprint density at radius 2 is 2.00 bits per heavy atom. The molecule has 0 spiro atoms. The molecule has 1 aromatic heterocycles. The molecule has 0 aromatic carbocycles. The molecule has 2 N–H and O–H groups in total. The molecule has 27 heavy (non-hydrogen) atoms. The van der Waals surface area contributed by atoms with Gasteiger partial charge in [-0.05, 0) is 51.1 Å². The zero-order chi connectivity index (χ0) is 18.8. The van der Waals surface area contributed by atoms with Gasteiger partial charge in [0.25, 0.3) is 0 Å². The minimum Gasteiger partial charge on any atom is -0.348 e. The van der Waals surface area contributed by atoms with Crippen molar-refractivity contribution < 1.29 is 4.79 Å². The second-order valence-electron chi connectivity index (χ2n) is 9.04. The van der Waals surface area contributed by atoms with Gasteiger partial charge in [0.2, 0.25) is 5.91 Å². The zero-order valence-corrected chi connectivity index (χ0v) is 16.9. The molecule has 3 heterocycles. The Bertz CT molecular complexity index is 636. The van der Waals surface area contributed by atoms with E-state index in [0.717, 1.165) is 23.9 Å². The molecule has 6 heteroatoms. The standard InChI is InChI=1S/C21H35N5O/c1-15-4-3-5-18(12-15)26-10-8-17(9-11-26)23-19-6-7-20(27)24-21(19)16-13-22-25(2)14-16/h13-15,17-19,21,23H,3-12H2,1-2H3,(H,24,27)/t15?,18?,19-,21+/m1/s1. The molecule has 6 nitrogen and oxygen atoms in total. The number of carbonyl (C=O) groups excluding carboxylic acids is 1. The maximum atomic E-state index is 12.0. The van der Waals surface area contributed by atoms with E-state index in [1.54, 1.807) is 0 Å². The molecule has 3 aliphatic rings. The van der Waals surface area contributed by atoms with Gasteiger partial charge in [0.15, 0.2) is 0 Å². The molecule has 4 rings (SSSR count). The van der Waals surface area contributed by atoms with E-state index in [-0.39, 0.29) is 11.9 Å². The molecule has 2 saturated heterocycles. The number of aromatic nitrogens is 2. The normalized spacial score (nSPS) is 33.8. The van der Waals surface area contributed by atoms with E-state index in [2.05, 4.69) is 27.6 Å². The van der Waals surface area contributed by atoms with Crippen LogP contribution < -0.4 is 10.6 Å². The van der Waals surface area contributed by atoms with Gasteiger partial charge in [0, 0.05) is 43.4 Å². The summed E-state index contributed by atoms with van der Waals surface area (Å²) in [5, 5.41) is 11.4. The lowest BCUT2D eigenvalue weighted by atomic mass is 9.85. The van der Waals surface area contributed by atoms with Crippen molar-refractivity contribution in [3.05, 3.63) is 18.0 Å². The van der Waals surface area contributed by atoms with Gasteiger partial charge in [-0.3, -0.25) is 9.48 Å². The van der Waals surface area contributed by atoms with Crippen molar-refractivity contribution in [3.8, 4) is 0 Å². The third-order valence-corrected chi connectivity index (χ3v) is 6.89. The molecule has 0 bridgehead atoms. The average molecular weight is 374 g/mol. The Morgan fingerprint density at radius 3 is 2.70 bits per heavy atom. The summed E-state index contributed by atoms with van der Waals surface area (Å²) in [4.78, 5) is 14.7. The van der Waals surface area contributed by atoms with Crippen LogP contribution >= 0.6 is 0 Å². The van der Waals surface area contributed by atoms with Gasteiger partial charge in [-0.25, -0.2) is 0 Å². The summed E-state index contributed by atoms with van der Waals surface area (Å²) in [7, 11) is 1.93. The van der Waals surface area contributed by atoms with Gasteiger partial charge >= 0.3 is 0 Å². The Hall–Kier alpha value is -1.40. The number of hydrogen-bond donors (Lipinski definition) is 2. The molecule has 2 unspecified atom stereocenters. The number of hydrogen-bond acceptors (Lipinski definition) is 4. The first-order valence-electron chi connectivity index (χ1n) is 10.9. The topological polar surface area (TPSA) is 62.2 Å². The molecule has 1 aromatic rings. The van der Waals surface area contributed by atoms with Crippen LogP contribution in [0.5, 0.6) is 0 Å². The molecule has 2 aliphatic heterocycles. The lowest BCUT2D eigenvalue weighted by molar-refractivity contribution is -0.124. The summed E-state index contributed by atoms with van der Waals surface area (Å²) in [5.41, 5.74) is 1.11. The number of amides is 1. The van der Waals surface area contributed by atoms with Crippen LogP contribution in [-0.2, 0) is 11.8 Å². The van der Waals surface area contributed by atoms with Crippen LogP contribution in [0.4, 0.5) is 0 Å². The molecule has 150 valence electrons. The van der Waals surface area contributed by atoms with Crippen molar-refractivity contribution in [2.45, 2.75) is 82.5 Å². The molecule has 1 saturated carbocycles. The van der Waals surface area contributed by atoms with E-state index >= 15 is 0 Å². The molecule has 3 fully saturated rings. The van der Waals surface area contributed by atoms with Crippen LogP contribution in [0.1, 0.15) is 69.9 Å². The van der Waals surface area contributed by atoms with E-state index in [0.29, 0.717) is 18.5 Å². The molecule has 0 radical (unpaired) electrons. The maximum absolute atomic E-state index is 12.0. The third-order valence-electron chi connectivity index (χ3n) is 6.89. The number of aryl methyl sites for hydroxylation is 1. The van der Waals surface area contributed by atoms with Gasteiger partial charge in [-0.2, -0.15) is 5.10 Å². The summed E-state index contributed by atoms with van der Waals surface area (Å²) >= 11 is 0. The fourth-order valence-corrected chi connectivity index (χ4v) is 5.36. The molecular weight excluding hydrogens is 338 g/mol. The van der Waals surface area contributed by atoms with Crippen molar-refractivity contribution in [1.82, 2.24) is 25.3 Å². The second kappa shape index (κ2) is 8.31. The quantitative estimate of drug-likeness (QED) is 0.851. The van der Waals surface area contributed by atoms with E-state index < -0.39 is 0 Å². The highest BCUT2D eigenvalue weighted by Crippen LogP contribution is 2.30. The van der Waals surface area contributed by atoms with Crippen LogP contribution in [-0.4, -0.2) is 51.8 Å². The summed E-state index contributed by atoms with van der Waals surface area (Å²) in [6.07, 6.45) is 13.5. The van der Waals surface area contributed by atoms with Gasteiger partial charge in [0.05, 0.1) is 12.2 Å². The van der Waals surface area contributed by atoms with Crippen LogP contribution in [0.25, 0.3) is 0 Å². The Balaban J connectivity index is 1.32. The van der Waals surface area contributed by atoms with Crippen LogP contribution in [0.2, 0.25) is 0 Å². The lowest BCUT2D eigenvalue weighted by Gasteiger charge is -2.42. The third kappa shape index (κ3) is 4.54. The number of nitrogens with zero attached hydrogens (tertiary/aromatic N) is 3. The lowest BCUT2D eigenvalue weighted by Crippen LogP contribution is -2.54. The number of carbonyl (C=O) groups is 1. The minimum atomic E-state index is 0.0390. The first kappa shape index (κ1) is 18.9. The van der Waals surface area contributed by atoms with Crippen LogP contribution in [0.15, 0.2) is 12.4 Å². The zero-order valence-electron chi connectivity index (χ0n) is 16.9. The first-order valence-corrected chi connectivity index (χ1v) is 10.9. The van der Waals surface area contributed by atoms with E-state index in [1.165, 1.54) is 51.6 Å². The minimum absolute atomic E-state index is 0.0390. The second-order valence-corrected chi connectivity index (χ2v) is 9.04. The van der Waals surface area contributed by atoms with Crippen LogP contribution in [0, 0.1) is 5.92 Å². The Labute approximate surface area is 163 Å². The largest absolute Gasteiger partial charge is 0.348 e. The van der Waals surface area contributed by atoms with Gasteiger partial charge < -0.3 is 15.5 Å². The summed E-state index contributed by atoms with van der Waals surface area (Å²) in [5.74, 6) is 1.05. The summed E-state index contributed by atoms with van der Waals surface area (Å²) in [6.45, 7) is 4.84. The first-order chi connectivity index (χ1) is 13.1. The van der Waals surface area contributed by atoms with E-state index in [1.807, 2.05) is 24.1 Å². The highest BCUT2D eigenvalue weighted by Gasteiger charge is 2.34. The monoisotopic (exact) mass is 373 g/mol. The fourth-order valence-electron chi connectivity index (χ4n) is 5.36. The van der Waals surface area contributed by atoms with E-state index in [9.17, 15) is 4.79 Å². The highest BCUT2D eigenvalue weighted by atomic mass is 16.1. The summed E-state index contributed by atoms with van der Waals surface area (Å²) < 4.78 is 1.82. The average Bonchev–Trinajstić information content (AvgIpc) is 3.10. The summed E-state index contributed by atoms with van der Waals surface area (Å²) in [6, 6.07) is 1.71. The molecule has 4 atom stereocenters. The number of piperidine rings is 2. The van der Waals surface area contributed by atoms with Gasteiger partial charge in [-0.15, -0.1) is 0 Å². The Morgan fingerprint density at radius 1 is 1.19 bits per heavy atom. The number of likely N-dealkylation sites (tertiary alicyclic amines) is 1. The van der Waals surface area contributed by atoms with Crippen molar-refractivity contribution >= 4 is 5.91 Å². The molecule has 1 amide bonds. The number of rotatable bonds is 4. The Kier molecular flexibility index (Phi) is 5.83. The predicted molar refractivity (Wildman–Crippen MR) is 106 cm³/mol. The van der Waals surface area contributed by atoms with Gasteiger partial charge in [0.1, 0.15) is 0 Å². The van der Waals surface area contributed by atoms with Crippen molar-refractivity contribution in [2.24, 2.45) is 13.0 Å². The fraction of sp³-hybridized carbons (Fsp3) is 0.810. The van der Waals surface area contributed by atoms with Gasteiger partial charge in [-0.1, -0.05) is 19.8 Å². The number of nitrogens with one attached hydrogen (secondary N) is 2.